The Kier molecular flexibility index (Phi) is 9.04. The first kappa shape index (κ1) is 23.2. The highest BCUT2D eigenvalue weighted by atomic mass is 127. The predicted octanol–water partition coefficient (Wildman–Crippen LogP) is 3.07. The van der Waals surface area contributed by atoms with Crippen molar-refractivity contribution in [2.45, 2.75) is 26.0 Å². The molecule has 6 nitrogen and oxygen atoms in total. The van der Waals surface area contributed by atoms with Gasteiger partial charge in [0.05, 0.1) is 25.0 Å². The van der Waals surface area contributed by atoms with Gasteiger partial charge in [-0.25, -0.2) is 9.38 Å². The van der Waals surface area contributed by atoms with Crippen LogP contribution in [0.3, 0.4) is 0 Å². The predicted molar refractivity (Wildman–Crippen MR) is 117 cm³/mol. The van der Waals surface area contributed by atoms with Crippen molar-refractivity contribution in [3.63, 3.8) is 0 Å². The van der Waals surface area contributed by atoms with Crippen LogP contribution in [0, 0.1) is 5.82 Å². The van der Waals surface area contributed by atoms with Gasteiger partial charge >= 0.3 is 0 Å². The molecule has 0 amide bonds. The lowest BCUT2D eigenvalue weighted by Gasteiger charge is -2.22. The van der Waals surface area contributed by atoms with Crippen LogP contribution in [0.1, 0.15) is 25.2 Å². The van der Waals surface area contributed by atoms with E-state index in [0.29, 0.717) is 30.5 Å². The molecule has 0 radical (unpaired) electrons. The summed E-state index contributed by atoms with van der Waals surface area (Å²) in [6.07, 6.45) is 1.52. The van der Waals surface area contributed by atoms with Crippen molar-refractivity contribution in [1.82, 2.24) is 10.6 Å². The molecule has 1 heterocycles. The van der Waals surface area contributed by atoms with Crippen molar-refractivity contribution in [2.24, 2.45) is 4.99 Å². The Morgan fingerprint density at radius 3 is 2.59 bits per heavy atom. The van der Waals surface area contributed by atoms with Gasteiger partial charge in [0.15, 0.2) is 5.96 Å². The summed E-state index contributed by atoms with van der Waals surface area (Å²) < 4.78 is 19.3. The van der Waals surface area contributed by atoms with Gasteiger partial charge < -0.3 is 25.1 Å². The molecule has 3 N–H and O–H groups in total. The fourth-order valence-corrected chi connectivity index (χ4v) is 2.45. The molecule has 8 heteroatoms. The SMILES string of the molecule is CCNC(=NCc1ccc(N(C)C)c(F)c1)NCC(C)(O)c1ccco1.I. The first-order chi connectivity index (χ1) is 12.3. The lowest BCUT2D eigenvalue weighted by molar-refractivity contribution is 0.0386. The number of hydrogen-bond donors (Lipinski definition) is 3. The number of anilines is 1. The fourth-order valence-electron chi connectivity index (χ4n) is 2.45. The Balaban J connectivity index is 0.00000364. The average molecular weight is 490 g/mol. The van der Waals surface area contributed by atoms with Gasteiger partial charge in [0.25, 0.3) is 0 Å². The van der Waals surface area contributed by atoms with Gasteiger partial charge in [0.1, 0.15) is 17.2 Å². The van der Waals surface area contributed by atoms with Crippen LogP contribution in [-0.4, -0.2) is 38.3 Å². The highest BCUT2D eigenvalue weighted by Gasteiger charge is 2.26. The zero-order valence-electron chi connectivity index (χ0n) is 16.1. The van der Waals surface area contributed by atoms with Crippen molar-refractivity contribution in [3.8, 4) is 0 Å². The standard InChI is InChI=1S/C19H27FN4O2.HI/c1-5-21-18(23-13-19(2,25)17-7-6-10-26-17)22-12-14-8-9-16(24(3)4)15(20)11-14;/h6-11,25H,5,12-13H2,1-4H3,(H2,21,22,23);1H. The Morgan fingerprint density at radius 2 is 2.04 bits per heavy atom. The summed E-state index contributed by atoms with van der Waals surface area (Å²) in [6.45, 7) is 4.83. The van der Waals surface area contributed by atoms with E-state index in [4.69, 9.17) is 4.42 Å². The van der Waals surface area contributed by atoms with E-state index >= 15 is 0 Å². The maximum Gasteiger partial charge on any atom is 0.191 e. The topological polar surface area (TPSA) is 73.0 Å². The molecule has 27 heavy (non-hydrogen) atoms. The van der Waals surface area contributed by atoms with Crippen molar-refractivity contribution in [1.29, 1.82) is 0 Å². The van der Waals surface area contributed by atoms with E-state index in [1.54, 1.807) is 44.1 Å². The molecule has 1 aromatic heterocycles. The second-order valence-corrected chi connectivity index (χ2v) is 6.48. The van der Waals surface area contributed by atoms with Crippen LogP contribution in [0.5, 0.6) is 0 Å². The van der Waals surface area contributed by atoms with Crippen molar-refractivity contribution < 1.29 is 13.9 Å². The Hall–Kier alpha value is -1.81. The number of aliphatic hydroxyl groups is 1. The number of benzene rings is 1. The van der Waals surface area contributed by atoms with Crippen molar-refractivity contribution in [2.75, 3.05) is 32.1 Å². The third kappa shape index (κ3) is 6.69. The van der Waals surface area contributed by atoms with Gasteiger partial charge in [0.2, 0.25) is 0 Å². The number of guanidine groups is 1. The van der Waals surface area contributed by atoms with E-state index in [2.05, 4.69) is 15.6 Å². The van der Waals surface area contributed by atoms with Gasteiger partial charge in [-0.05, 0) is 43.7 Å². The molecule has 0 saturated carbocycles. The molecule has 0 aliphatic heterocycles. The number of furan rings is 1. The monoisotopic (exact) mass is 490 g/mol. The number of aliphatic imine (C=N–C) groups is 1. The summed E-state index contributed by atoms with van der Waals surface area (Å²) in [5.41, 5.74) is 0.138. The number of nitrogens with one attached hydrogen (secondary N) is 2. The molecular formula is C19H28FIN4O2. The van der Waals surface area contributed by atoms with Crippen LogP contribution < -0.4 is 15.5 Å². The largest absolute Gasteiger partial charge is 0.466 e. The fraction of sp³-hybridized carbons (Fsp3) is 0.421. The van der Waals surface area contributed by atoms with E-state index in [9.17, 15) is 9.50 Å². The molecule has 0 bridgehead atoms. The highest BCUT2D eigenvalue weighted by Crippen LogP contribution is 2.20. The van der Waals surface area contributed by atoms with Crippen molar-refractivity contribution in [3.05, 3.63) is 53.7 Å². The normalized spacial score (nSPS) is 13.5. The lowest BCUT2D eigenvalue weighted by Crippen LogP contribution is -2.44. The second-order valence-electron chi connectivity index (χ2n) is 6.48. The van der Waals surface area contributed by atoms with Crippen LogP contribution in [0.2, 0.25) is 0 Å². The van der Waals surface area contributed by atoms with Crippen LogP contribution >= 0.6 is 24.0 Å². The van der Waals surface area contributed by atoms with E-state index in [0.717, 1.165) is 5.56 Å². The van der Waals surface area contributed by atoms with E-state index in [1.807, 2.05) is 13.0 Å². The maximum absolute atomic E-state index is 14.1. The summed E-state index contributed by atoms with van der Waals surface area (Å²) in [5.74, 6) is 0.736. The van der Waals surface area contributed by atoms with Gasteiger partial charge in [-0.3, -0.25) is 0 Å². The number of hydrogen-bond acceptors (Lipinski definition) is 4. The molecular weight excluding hydrogens is 462 g/mol. The average Bonchev–Trinajstić information content (AvgIpc) is 3.12. The first-order valence-corrected chi connectivity index (χ1v) is 8.57. The summed E-state index contributed by atoms with van der Waals surface area (Å²) >= 11 is 0. The third-order valence-corrected chi connectivity index (χ3v) is 3.91. The molecule has 0 saturated heterocycles. The molecule has 1 atom stereocenters. The lowest BCUT2D eigenvalue weighted by atomic mass is 10.0. The zero-order chi connectivity index (χ0) is 19.2. The van der Waals surface area contributed by atoms with E-state index in [-0.39, 0.29) is 36.3 Å². The molecule has 0 fully saturated rings. The molecule has 150 valence electrons. The quantitative estimate of drug-likeness (QED) is 0.316. The number of halogens is 2. The minimum atomic E-state index is -1.17. The molecule has 0 spiro atoms. The van der Waals surface area contributed by atoms with Gasteiger partial charge in [-0.2, -0.15) is 0 Å². The summed E-state index contributed by atoms with van der Waals surface area (Å²) in [6, 6.07) is 8.53. The molecule has 2 aromatic rings. The van der Waals surface area contributed by atoms with Crippen LogP contribution in [0.25, 0.3) is 0 Å². The molecule has 1 aromatic carbocycles. The Bertz CT molecular complexity index is 733. The van der Waals surface area contributed by atoms with Crippen molar-refractivity contribution >= 4 is 35.6 Å². The molecule has 2 rings (SSSR count). The summed E-state index contributed by atoms with van der Waals surface area (Å²) in [4.78, 5) is 6.18. The summed E-state index contributed by atoms with van der Waals surface area (Å²) in [7, 11) is 3.60. The smallest absolute Gasteiger partial charge is 0.191 e. The van der Waals surface area contributed by atoms with E-state index < -0.39 is 5.60 Å². The van der Waals surface area contributed by atoms with E-state index in [1.165, 1.54) is 12.3 Å². The highest BCUT2D eigenvalue weighted by molar-refractivity contribution is 14.0. The first-order valence-electron chi connectivity index (χ1n) is 8.57. The minimum absolute atomic E-state index is 0. The summed E-state index contributed by atoms with van der Waals surface area (Å²) in [5, 5.41) is 16.7. The van der Waals surface area contributed by atoms with Gasteiger partial charge in [-0.1, -0.05) is 6.07 Å². The zero-order valence-corrected chi connectivity index (χ0v) is 18.5. The Morgan fingerprint density at radius 1 is 1.30 bits per heavy atom. The minimum Gasteiger partial charge on any atom is -0.466 e. The van der Waals surface area contributed by atoms with Gasteiger partial charge in [0, 0.05) is 20.6 Å². The molecule has 0 aliphatic rings. The number of nitrogens with zero attached hydrogens (tertiary/aromatic N) is 2. The second kappa shape index (κ2) is 10.5. The van der Waals surface area contributed by atoms with Gasteiger partial charge in [-0.15, -0.1) is 24.0 Å². The van der Waals surface area contributed by atoms with Crippen LogP contribution in [0.15, 0.2) is 46.0 Å². The maximum atomic E-state index is 14.1. The third-order valence-electron chi connectivity index (χ3n) is 3.91. The van der Waals surface area contributed by atoms with Crippen LogP contribution in [-0.2, 0) is 12.1 Å². The Labute approximate surface area is 176 Å². The molecule has 0 aliphatic carbocycles. The number of rotatable bonds is 7. The van der Waals surface area contributed by atoms with Crippen LogP contribution in [0.4, 0.5) is 10.1 Å². The molecule has 1 unspecified atom stereocenters.